The Balaban J connectivity index is 2.49. The average molecular weight is 425 g/mol. The summed E-state index contributed by atoms with van der Waals surface area (Å²) < 4.78 is 5.62. The predicted molar refractivity (Wildman–Crippen MR) is 95.1 cm³/mol. The molecule has 8 heteroatoms. The van der Waals surface area contributed by atoms with Gasteiger partial charge in [-0.2, -0.15) is 0 Å². The van der Waals surface area contributed by atoms with Crippen molar-refractivity contribution in [3.63, 3.8) is 0 Å². The van der Waals surface area contributed by atoms with E-state index in [1.54, 1.807) is 13.8 Å². The predicted octanol–water partition coefficient (Wildman–Crippen LogP) is 4.41. The number of benzene rings is 2. The zero-order valence-corrected chi connectivity index (χ0v) is 15.7. The van der Waals surface area contributed by atoms with Crippen LogP contribution in [0.25, 0.3) is 0 Å². The Morgan fingerprint density at radius 1 is 1.04 bits per heavy atom. The van der Waals surface area contributed by atoms with E-state index in [0.29, 0.717) is 21.3 Å². The molecule has 3 rings (SSSR count). The number of nitro benzene ring substituents is 1. The fraction of sp³-hybridized carbons (Fsp3) is 0.176. The van der Waals surface area contributed by atoms with Crippen LogP contribution < -0.4 is 4.74 Å². The molecule has 0 bridgehead atoms. The molecule has 0 aromatic heterocycles. The molecule has 0 saturated heterocycles. The molecule has 1 aliphatic rings. The van der Waals surface area contributed by atoms with E-state index in [9.17, 15) is 19.7 Å². The first kappa shape index (κ1) is 17.6. The smallest absolute Gasteiger partial charge is 0.281 e. The fourth-order valence-electron chi connectivity index (χ4n) is 3.09. The second-order valence-corrected chi connectivity index (χ2v) is 6.78. The summed E-state index contributed by atoms with van der Waals surface area (Å²) in [7, 11) is 1.45. The molecular weight excluding hydrogens is 414 g/mol. The van der Waals surface area contributed by atoms with Gasteiger partial charge in [-0.1, -0.05) is 11.6 Å². The number of hydrogen-bond donors (Lipinski definition) is 0. The Morgan fingerprint density at radius 3 is 2.20 bits per heavy atom. The number of ketones is 2. The summed E-state index contributed by atoms with van der Waals surface area (Å²) in [6, 6.07) is 2.39. The van der Waals surface area contributed by atoms with Gasteiger partial charge in [-0.05, 0) is 47.0 Å². The Labute approximate surface area is 156 Å². The highest BCUT2D eigenvalue weighted by atomic mass is 79.9. The lowest BCUT2D eigenvalue weighted by atomic mass is 9.80. The van der Waals surface area contributed by atoms with Gasteiger partial charge in [-0.3, -0.25) is 19.7 Å². The van der Waals surface area contributed by atoms with Crippen LogP contribution in [-0.2, 0) is 0 Å². The van der Waals surface area contributed by atoms with Crippen molar-refractivity contribution in [3.8, 4) is 5.75 Å². The Morgan fingerprint density at radius 2 is 1.64 bits per heavy atom. The van der Waals surface area contributed by atoms with Crippen molar-refractivity contribution in [1.82, 2.24) is 0 Å². The molecule has 0 heterocycles. The number of nitrogens with zero attached hydrogens (tertiary/aromatic N) is 1. The standard InChI is InChI=1S/C17H11BrClNO5/c1-6-7(2)17(25-3)14(18)13-10(6)15(21)11-8(19)4-5-9(20(23)24)12(11)16(13)22/h4-5H,1-3H3. The molecule has 2 aromatic rings. The van der Waals surface area contributed by atoms with Crippen molar-refractivity contribution in [2.45, 2.75) is 13.8 Å². The normalized spacial score (nSPS) is 12.7. The van der Waals surface area contributed by atoms with Crippen molar-refractivity contribution in [2.75, 3.05) is 7.11 Å². The van der Waals surface area contributed by atoms with Gasteiger partial charge in [0.25, 0.3) is 5.69 Å². The van der Waals surface area contributed by atoms with Crippen LogP contribution in [0, 0.1) is 24.0 Å². The van der Waals surface area contributed by atoms with E-state index in [2.05, 4.69) is 15.9 Å². The van der Waals surface area contributed by atoms with Gasteiger partial charge in [0.2, 0.25) is 5.78 Å². The molecule has 6 nitrogen and oxygen atoms in total. The van der Waals surface area contributed by atoms with E-state index in [1.165, 1.54) is 13.2 Å². The topological polar surface area (TPSA) is 86.5 Å². The average Bonchev–Trinajstić information content (AvgIpc) is 2.55. The lowest BCUT2D eigenvalue weighted by Crippen LogP contribution is -2.25. The van der Waals surface area contributed by atoms with Gasteiger partial charge in [0.15, 0.2) is 5.78 Å². The van der Waals surface area contributed by atoms with Gasteiger partial charge in [0.05, 0.1) is 32.7 Å². The van der Waals surface area contributed by atoms with Crippen molar-refractivity contribution < 1.29 is 19.2 Å². The Kier molecular flexibility index (Phi) is 4.17. The Hall–Kier alpha value is -2.25. The third-order valence-corrected chi connectivity index (χ3v) is 5.46. The van der Waals surface area contributed by atoms with Crippen LogP contribution in [0.2, 0.25) is 5.02 Å². The largest absolute Gasteiger partial charge is 0.495 e. The number of carbonyl (C=O) groups is 2. The van der Waals surface area contributed by atoms with Crippen molar-refractivity contribution >= 4 is 44.8 Å². The summed E-state index contributed by atoms with van der Waals surface area (Å²) in [6.45, 7) is 3.46. The minimum absolute atomic E-state index is 0.00796. The van der Waals surface area contributed by atoms with Crippen molar-refractivity contribution in [3.05, 3.63) is 65.1 Å². The van der Waals surface area contributed by atoms with E-state index >= 15 is 0 Å². The molecule has 0 spiro atoms. The number of methoxy groups -OCH3 is 1. The van der Waals surface area contributed by atoms with Crippen LogP contribution in [0.1, 0.15) is 43.0 Å². The van der Waals surface area contributed by atoms with Crippen LogP contribution in [0.3, 0.4) is 0 Å². The number of hydrogen-bond acceptors (Lipinski definition) is 5. The van der Waals surface area contributed by atoms with Gasteiger partial charge >= 0.3 is 0 Å². The quantitative estimate of drug-likeness (QED) is 0.449. The molecule has 128 valence electrons. The zero-order valence-electron chi connectivity index (χ0n) is 13.4. The molecule has 0 N–H and O–H groups in total. The molecule has 0 radical (unpaired) electrons. The number of nitro groups is 1. The molecular formula is C17H11BrClNO5. The third-order valence-electron chi connectivity index (χ3n) is 4.39. The molecule has 0 unspecified atom stereocenters. The van der Waals surface area contributed by atoms with Crippen LogP contribution in [-0.4, -0.2) is 23.6 Å². The molecule has 1 aliphatic carbocycles. The third kappa shape index (κ3) is 2.30. The summed E-state index contributed by atoms with van der Waals surface area (Å²) in [4.78, 5) is 36.8. The Bertz CT molecular complexity index is 1000. The van der Waals surface area contributed by atoms with Gasteiger partial charge in [0.1, 0.15) is 11.3 Å². The molecule has 0 atom stereocenters. The number of fused-ring (bicyclic) bond motifs is 2. The maximum Gasteiger partial charge on any atom is 0.281 e. The van der Waals surface area contributed by atoms with Gasteiger partial charge in [-0.25, -0.2) is 0 Å². The molecule has 0 saturated carbocycles. The van der Waals surface area contributed by atoms with Crippen LogP contribution >= 0.6 is 27.5 Å². The highest BCUT2D eigenvalue weighted by molar-refractivity contribution is 9.10. The second-order valence-electron chi connectivity index (χ2n) is 5.58. The van der Waals surface area contributed by atoms with Gasteiger partial charge < -0.3 is 4.74 Å². The minimum atomic E-state index is -0.697. The molecule has 0 amide bonds. The van der Waals surface area contributed by atoms with Crippen LogP contribution in [0.4, 0.5) is 5.69 Å². The lowest BCUT2D eigenvalue weighted by Gasteiger charge is -2.24. The maximum atomic E-state index is 13.1. The van der Waals surface area contributed by atoms with E-state index in [-0.39, 0.29) is 27.3 Å². The van der Waals surface area contributed by atoms with Crippen molar-refractivity contribution in [1.29, 1.82) is 0 Å². The number of carbonyl (C=O) groups excluding carboxylic acids is 2. The maximum absolute atomic E-state index is 13.1. The van der Waals surface area contributed by atoms with Gasteiger partial charge in [0, 0.05) is 11.6 Å². The van der Waals surface area contributed by atoms with E-state index in [1.807, 2.05) is 0 Å². The van der Waals surface area contributed by atoms with E-state index in [4.69, 9.17) is 16.3 Å². The zero-order chi connectivity index (χ0) is 18.6. The van der Waals surface area contributed by atoms with E-state index in [0.717, 1.165) is 6.07 Å². The molecule has 0 fully saturated rings. The molecule has 0 aliphatic heterocycles. The van der Waals surface area contributed by atoms with Gasteiger partial charge in [-0.15, -0.1) is 0 Å². The molecule has 25 heavy (non-hydrogen) atoms. The lowest BCUT2D eigenvalue weighted by molar-refractivity contribution is -0.385. The van der Waals surface area contributed by atoms with Crippen molar-refractivity contribution in [2.24, 2.45) is 0 Å². The molecule has 2 aromatic carbocycles. The minimum Gasteiger partial charge on any atom is -0.495 e. The van der Waals surface area contributed by atoms with Crippen LogP contribution in [0.5, 0.6) is 5.75 Å². The summed E-state index contributed by atoms with van der Waals surface area (Å²) in [6.07, 6.45) is 0. The first-order valence-electron chi connectivity index (χ1n) is 7.15. The first-order chi connectivity index (χ1) is 11.7. The highest BCUT2D eigenvalue weighted by Crippen LogP contribution is 2.45. The fourth-order valence-corrected chi connectivity index (χ4v) is 4.17. The first-order valence-corrected chi connectivity index (χ1v) is 8.32. The highest BCUT2D eigenvalue weighted by Gasteiger charge is 2.40. The number of rotatable bonds is 2. The monoisotopic (exact) mass is 423 g/mol. The van der Waals surface area contributed by atoms with E-state index < -0.39 is 22.2 Å². The SMILES string of the molecule is COc1c(C)c(C)c2c(c1Br)C(=O)c1c([N+](=O)[O-])ccc(Cl)c1C2=O. The number of halogens is 2. The summed E-state index contributed by atoms with van der Waals surface area (Å²) in [5.74, 6) is -0.736. The number of ether oxygens (including phenoxy) is 1. The second kappa shape index (κ2) is 5.93. The summed E-state index contributed by atoms with van der Waals surface area (Å²) >= 11 is 9.42. The van der Waals surface area contributed by atoms with Crippen LogP contribution in [0.15, 0.2) is 16.6 Å². The summed E-state index contributed by atoms with van der Waals surface area (Å²) in [5.41, 5.74) is 0.634. The summed E-state index contributed by atoms with van der Waals surface area (Å²) in [5, 5.41) is 11.3.